The summed E-state index contributed by atoms with van der Waals surface area (Å²) in [5.74, 6) is 0.104. The summed E-state index contributed by atoms with van der Waals surface area (Å²) < 4.78 is 0. The maximum absolute atomic E-state index is 11.5. The van der Waals surface area contributed by atoms with Gasteiger partial charge in [0.05, 0.1) is 8.07 Å². The van der Waals surface area contributed by atoms with E-state index in [9.17, 15) is 9.90 Å². The Kier molecular flexibility index (Phi) is 13.7. The number of fused-ring (bicyclic) bond motifs is 3. The topological polar surface area (TPSA) is 63.1 Å². The van der Waals surface area contributed by atoms with Gasteiger partial charge in [0.15, 0.2) is 5.78 Å². The molecule has 0 amide bonds. The number of nitrogens with zero attached hydrogens (tertiary/aromatic N) is 2. The molecule has 0 fully saturated rings. The zero-order chi connectivity index (χ0) is 41.4. The number of pyridine rings is 2. The number of hydrogen-bond donors (Lipinski definition) is 1. The Morgan fingerprint density at radius 2 is 1.28 bits per heavy atom. The fourth-order valence-corrected chi connectivity index (χ4v) is 12.0. The summed E-state index contributed by atoms with van der Waals surface area (Å²) in [4.78, 5) is 20.7. The van der Waals surface area contributed by atoms with Crippen LogP contribution >= 0.6 is 0 Å². The van der Waals surface area contributed by atoms with E-state index in [0.717, 1.165) is 16.8 Å². The number of aromatic nitrogens is 2. The third kappa shape index (κ3) is 9.51. The first-order valence-corrected chi connectivity index (χ1v) is 22.6. The van der Waals surface area contributed by atoms with Crippen LogP contribution in [0.1, 0.15) is 108 Å². The van der Waals surface area contributed by atoms with E-state index in [-0.39, 0.29) is 47.9 Å². The van der Waals surface area contributed by atoms with Gasteiger partial charge in [-0.25, -0.2) is 0 Å². The molecule has 0 bridgehead atoms. The van der Waals surface area contributed by atoms with E-state index in [1.807, 2.05) is 66.1 Å². The first kappa shape index (κ1) is 45.7. The second-order valence-corrected chi connectivity index (χ2v) is 24.0. The van der Waals surface area contributed by atoms with Gasteiger partial charge in [0.2, 0.25) is 0 Å². The molecule has 0 spiro atoms. The second kappa shape index (κ2) is 17.1. The van der Waals surface area contributed by atoms with Crippen LogP contribution in [0.2, 0.25) is 12.1 Å². The summed E-state index contributed by atoms with van der Waals surface area (Å²) in [6.45, 7) is 29.2. The van der Waals surface area contributed by atoms with Crippen LogP contribution in [0, 0.1) is 23.0 Å². The van der Waals surface area contributed by atoms with Gasteiger partial charge in [-0.05, 0) is 50.5 Å². The van der Waals surface area contributed by atoms with Gasteiger partial charge in [-0.3, -0.25) is 4.79 Å². The van der Waals surface area contributed by atoms with Crippen molar-refractivity contribution >= 4 is 56.7 Å². The first-order chi connectivity index (χ1) is 26.0. The zero-order valence-electron chi connectivity index (χ0n) is 36.7. The van der Waals surface area contributed by atoms with Crippen molar-refractivity contribution in [1.29, 1.82) is 0 Å². The maximum Gasteiger partial charge on any atom is 0.164 e. The van der Waals surface area contributed by atoms with Gasteiger partial charge in [-0.15, -0.1) is 64.2 Å². The van der Waals surface area contributed by atoms with E-state index >= 15 is 0 Å². The molecule has 1 aliphatic heterocycles. The van der Waals surface area contributed by atoms with E-state index in [2.05, 4.69) is 133 Å². The van der Waals surface area contributed by atoms with Crippen molar-refractivity contribution in [2.24, 2.45) is 10.8 Å². The fourth-order valence-electron chi connectivity index (χ4n) is 7.45. The SMILES string of the molecule is CC(C)(C)C(=O)/C=C(\O)C(C)(C)C.CC(C)(C)c1cc[c-]c(-c2cc(C(C)(C)C)ccn2)c1.CC[Si]1(CC)c2cc[c-]c3c4ncccc4c4cccc1c4c23.[Ir]. The summed E-state index contributed by atoms with van der Waals surface area (Å²) in [6.07, 6.45) is 5.13. The van der Waals surface area contributed by atoms with Crippen molar-refractivity contribution in [1.82, 2.24) is 9.97 Å². The van der Waals surface area contributed by atoms with Crippen LogP contribution in [0.3, 0.4) is 0 Å². The molecule has 6 heteroatoms. The van der Waals surface area contributed by atoms with Crippen molar-refractivity contribution in [3.8, 4) is 11.3 Å². The molecule has 57 heavy (non-hydrogen) atoms. The largest absolute Gasteiger partial charge is 0.512 e. The predicted molar refractivity (Wildman–Crippen MR) is 242 cm³/mol. The molecular weight excluding hydrogens is 893 g/mol. The number of hydrogen-bond acceptors (Lipinski definition) is 4. The number of aliphatic hydroxyl groups is 1. The molecule has 4 nitrogen and oxygen atoms in total. The molecule has 0 saturated heterocycles. The third-order valence-electron chi connectivity index (χ3n) is 11.2. The van der Waals surface area contributed by atoms with Gasteiger partial charge in [-0.2, -0.15) is 0 Å². The van der Waals surface area contributed by atoms with Crippen LogP contribution in [0.5, 0.6) is 0 Å². The number of carbonyl (C=O) groups is 1. The van der Waals surface area contributed by atoms with Crippen molar-refractivity contribution in [2.75, 3.05) is 0 Å². The minimum atomic E-state index is -1.63. The average molecular weight is 955 g/mol. The molecule has 303 valence electrons. The molecule has 6 aromatic rings. The number of rotatable bonds is 4. The summed E-state index contributed by atoms with van der Waals surface area (Å²) in [7, 11) is -1.63. The smallest absolute Gasteiger partial charge is 0.164 e. The monoisotopic (exact) mass is 955 g/mol. The fraction of sp³-hybridized carbons (Fsp3) is 0.392. The van der Waals surface area contributed by atoms with Gasteiger partial charge in [-0.1, -0.05) is 155 Å². The minimum absolute atomic E-state index is 0. The Morgan fingerprint density at radius 1 is 0.684 bits per heavy atom. The summed E-state index contributed by atoms with van der Waals surface area (Å²) in [6, 6.07) is 35.6. The molecule has 1 N–H and O–H groups in total. The van der Waals surface area contributed by atoms with Crippen LogP contribution in [-0.4, -0.2) is 28.9 Å². The first-order valence-electron chi connectivity index (χ1n) is 20.1. The number of ketones is 1. The number of benzene rings is 4. The Balaban J connectivity index is 0.000000196. The molecule has 0 atom stereocenters. The van der Waals surface area contributed by atoms with E-state index < -0.39 is 13.5 Å². The normalized spacial score (nSPS) is 13.8. The molecule has 1 aliphatic rings. The molecular formula is C51H62IrN2O2Si-2. The maximum atomic E-state index is 11.5. The number of allylic oxidation sites excluding steroid dienone is 2. The number of aliphatic hydroxyl groups excluding tert-OH is 1. The van der Waals surface area contributed by atoms with Crippen molar-refractivity contribution in [2.45, 2.75) is 120 Å². The average Bonchev–Trinajstić information content (AvgIpc) is 3.44. The van der Waals surface area contributed by atoms with E-state index in [1.165, 1.54) is 56.2 Å². The molecule has 2 aromatic heterocycles. The quantitative estimate of drug-likeness (QED) is 0.0629. The van der Waals surface area contributed by atoms with Crippen molar-refractivity contribution in [3.63, 3.8) is 0 Å². The molecule has 3 heterocycles. The van der Waals surface area contributed by atoms with E-state index in [1.54, 1.807) is 10.4 Å². The molecule has 4 aromatic carbocycles. The van der Waals surface area contributed by atoms with Gasteiger partial charge in [0.25, 0.3) is 0 Å². The van der Waals surface area contributed by atoms with Crippen LogP contribution in [0.4, 0.5) is 0 Å². The summed E-state index contributed by atoms with van der Waals surface area (Å²) in [5, 5.41) is 19.6. The van der Waals surface area contributed by atoms with Crippen LogP contribution in [0.15, 0.2) is 97.0 Å². The Labute approximate surface area is 357 Å². The zero-order valence-corrected chi connectivity index (χ0v) is 40.1. The van der Waals surface area contributed by atoms with Crippen molar-refractivity contribution < 1.29 is 30.0 Å². The van der Waals surface area contributed by atoms with Gasteiger partial charge in [0.1, 0.15) is 5.76 Å². The number of carbonyl (C=O) groups excluding carboxylic acids is 1. The predicted octanol–water partition coefficient (Wildman–Crippen LogP) is 12.5. The van der Waals surface area contributed by atoms with E-state index in [0.29, 0.717) is 0 Å². The standard InChI is InChI=1S/C21H18NSi.C19H24N.C11H20O2.Ir/c1-3-23(4-2)17-11-5-8-14-15-10-7-13-22-21(15)16-9-6-12-18(23)20(16)19(14)17;1-18(2,3)15-9-7-8-14(12-15)17-13-16(10-11-20-17)19(4,5)6;1-10(2,3)8(12)7-9(13)11(4,5)6;/h5-8,10-13H,3-4H2,1-2H3;7,9-13H,1-6H3;7,12H,1-6H3;/q2*-1;;/b;;8-7-;. The molecule has 0 unspecified atom stereocenters. The van der Waals surface area contributed by atoms with Gasteiger partial charge < -0.3 is 15.1 Å². The second-order valence-electron chi connectivity index (χ2n) is 19.4. The van der Waals surface area contributed by atoms with Crippen LogP contribution in [0.25, 0.3) is 43.7 Å². The third-order valence-corrected chi connectivity index (χ3v) is 16.5. The van der Waals surface area contributed by atoms with Crippen molar-refractivity contribution in [3.05, 3.63) is 120 Å². The van der Waals surface area contributed by atoms with Crippen LogP contribution in [-0.2, 0) is 35.7 Å². The Morgan fingerprint density at radius 3 is 1.88 bits per heavy atom. The molecule has 7 rings (SSSR count). The summed E-state index contributed by atoms with van der Waals surface area (Å²) >= 11 is 0. The van der Waals surface area contributed by atoms with Crippen LogP contribution < -0.4 is 10.4 Å². The molecule has 0 saturated carbocycles. The Bertz CT molecular complexity index is 2280. The summed E-state index contributed by atoms with van der Waals surface area (Å²) in [5.41, 5.74) is 5.31. The van der Waals surface area contributed by atoms with Gasteiger partial charge in [0, 0.05) is 49.4 Å². The molecule has 1 radical (unpaired) electrons. The Hall–Kier alpha value is -3.96. The molecule has 0 aliphatic carbocycles. The van der Waals surface area contributed by atoms with E-state index in [4.69, 9.17) is 4.98 Å². The minimum Gasteiger partial charge on any atom is -0.512 e. The van der Waals surface area contributed by atoms with Gasteiger partial charge >= 0.3 is 0 Å².